The molecule has 1 rings (SSSR count). The molecule has 1 aromatic carbocycles. The van der Waals surface area contributed by atoms with Crippen LogP contribution < -0.4 is 5.14 Å². The molecule has 0 aliphatic carbocycles. The van der Waals surface area contributed by atoms with Crippen LogP contribution in [0.5, 0.6) is 0 Å². The van der Waals surface area contributed by atoms with Gasteiger partial charge in [-0.15, -0.1) is 0 Å². The zero-order chi connectivity index (χ0) is 18.5. The molecular weight excluding hydrogens is 356 g/mol. The largest absolute Gasteiger partial charge is 0.452 e. The standard InChI is InChI=1S/C15H19ClN2O5S/c1-4-18(8-10(2)3)14(19)9-23-15(20)11-5-6-12(16)13(7-11)24(17,21)22/h5-7H,2,4,8-9H2,1,3H3,(H2,17,21,22). The molecule has 0 unspecified atom stereocenters. The summed E-state index contributed by atoms with van der Waals surface area (Å²) in [5, 5.41) is 4.91. The Hall–Kier alpha value is -1.90. The number of esters is 1. The van der Waals surface area contributed by atoms with Crippen molar-refractivity contribution in [2.75, 3.05) is 19.7 Å². The minimum atomic E-state index is -4.08. The van der Waals surface area contributed by atoms with Crippen LogP contribution in [0.2, 0.25) is 5.02 Å². The Morgan fingerprint density at radius 2 is 2.00 bits per heavy atom. The number of primary sulfonamides is 1. The van der Waals surface area contributed by atoms with Crippen LogP contribution >= 0.6 is 11.6 Å². The van der Waals surface area contributed by atoms with Gasteiger partial charge in [-0.25, -0.2) is 18.4 Å². The van der Waals surface area contributed by atoms with Crippen LogP contribution in [-0.2, 0) is 19.6 Å². The highest BCUT2D eigenvalue weighted by Gasteiger charge is 2.19. The minimum absolute atomic E-state index is 0.0702. The van der Waals surface area contributed by atoms with E-state index in [4.69, 9.17) is 21.5 Å². The first-order valence-corrected chi connectivity index (χ1v) is 8.90. The first kappa shape index (κ1) is 20.1. The lowest BCUT2D eigenvalue weighted by Gasteiger charge is -2.20. The number of carbonyl (C=O) groups excluding carboxylic acids is 2. The van der Waals surface area contributed by atoms with Crippen molar-refractivity contribution in [2.45, 2.75) is 18.7 Å². The molecule has 0 spiro atoms. The second kappa shape index (κ2) is 8.27. The highest BCUT2D eigenvalue weighted by atomic mass is 35.5. The number of likely N-dealkylation sites (N-methyl/N-ethyl adjacent to an activating group) is 1. The molecule has 2 N–H and O–H groups in total. The van der Waals surface area contributed by atoms with Crippen molar-refractivity contribution >= 4 is 33.5 Å². The molecule has 0 saturated heterocycles. The van der Waals surface area contributed by atoms with E-state index in [1.54, 1.807) is 13.8 Å². The first-order chi connectivity index (χ1) is 11.1. The van der Waals surface area contributed by atoms with E-state index in [-0.39, 0.29) is 21.4 Å². The van der Waals surface area contributed by atoms with Gasteiger partial charge in [0.05, 0.1) is 10.6 Å². The number of amides is 1. The molecular formula is C15H19ClN2O5S. The SMILES string of the molecule is C=C(C)CN(CC)C(=O)COC(=O)c1ccc(Cl)c(S(N)(=O)=O)c1. The maximum atomic E-state index is 12.0. The summed E-state index contributed by atoms with van der Waals surface area (Å²) < 4.78 is 27.7. The van der Waals surface area contributed by atoms with E-state index < -0.39 is 22.6 Å². The van der Waals surface area contributed by atoms with Crippen LogP contribution in [0, 0.1) is 0 Å². The first-order valence-electron chi connectivity index (χ1n) is 6.98. The van der Waals surface area contributed by atoms with Crippen molar-refractivity contribution in [3.05, 3.63) is 40.9 Å². The number of ether oxygens (including phenoxy) is 1. The Balaban J connectivity index is 2.82. The lowest BCUT2D eigenvalue weighted by molar-refractivity contribution is -0.133. The van der Waals surface area contributed by atoms with E-state index in [0.29, 0.717) is 13.1 Å². The molecule has 0 atom stereocenters. The van der Waals surface area contributed by atoms with Crippen LogP contribution in [0.15, 0.2) is 35.2 Å². The van der Waals surface area contributed by atoms with Crippen molar-refractivity contribution < 1.29 is 22.7 Å². The van der Waals surface area contributed by atoms with Crippen molar-refractivity contribution in [2.24, 2.45) is 5.14 Å². The molecule has 24 heavy (non-hydrogen) atoms. The second-order valence-electron chi connectivity index (χ2n) is 5.13. The van der Waals surface area contributed by atoms with Crippen molar-refractivity contribution in [1.82, 2.24) is 4.90 Å². The Morgan fingerprint density at radius 1 is 1.38 bits per heavy atom. The zero-order valence-electron chi connectivity index (χ0n) is 13.4. The summed E-state index contributed by atoms with van der Waals surface area (Å²) in [6.45, 7) is 7.64. The molecule has 9 heteroatoms. The average molecular weight is 375 g/mol. The average Bonchev–Trinajstić information content (AvgIpc) is 2.48. The number of sulfonamides is 1. The summed E-state index contributed by atoms with van der Waals surface area (Å²) in [6.07, 6.45) is 0. The molecule has 0 radical (unpaired) electrons. The molecule has 1 amide bonds. The van der Waals surface area contributed by atoms with Crippen LogP contribution in [0.1, 0.15) is 24.2 Å². The second-order valence-corrected chi connectivity index (χ2v) is 7.07. The molecule has 0 heterocycles. The quantitative estimate of drug-likeness (QED) is 0.575. The molecule has 0 aliphatic heterocycles. The van der Waals surface area contributed by atoms with Crippen LogP contribution in [0.25, 0.3) is 0 Å². The maximum Gasteiger partial charge on any atom is 0.338 e. The van der Waals surface area contributed by atoms with Crippen LogP contribution in [0.3, 0.4) is 0 Å². The van der Waals surface area contributed by atoms with Crippen molar-refractivity contribution in [3.63, 3.8) is 0 Å². The van der Waals surface area contributed by atoms with Gasteiger partial charge in [0.1, 0.15) is 4.90 Å². The Bertz CT molecular complexity index is 761. The maximum absolute atomic E-state index is 12.0. The van der Waals surface area contributed by atoms with Gasteiger partial charge in [-0.3, -0.25) is 4.79 Å². The Morgan fingerprint density at radius 3 is 2.50 bits per heavy atom. The smallest absolute Gasteiger partial charge is 0.338 e. The Labute approximate surface area is 146 Å². The summed E-state index contributed by atoms with van der Waals surface area (Å²) in [5.41, 5.74) is 0.728. The molecule has 7 nitrogen and oxygen atoms in total. The summed E-state index contributed by atoms with van der Waals surface area (Å²) in [5.74, 6) is -1.23. The highest BCUT2D eigenvalue weighted by Crippen LogP contribution is 2.21. The van der Waals surface area contributed by atoms with Crippen LogP contribution in [0.4, 0.5) is 0 Å². The number of hydrogen-bond donors (Lipinski definition) is 1. The van der Waals surface area contributed by atoms with Gasteiger partial charge in [0.25, 0.3) is 5.91 Å². The number of hydrogen-bond acceptors (Lipinski definition) is 5. The number of nitrogens with two attached hydrogens (primary N) is 1. The lowest BCUT2D eigenvalue weighted by Crippen LogP contribution is -2.35. The van der Waals surface area contributed by atoms with E-state index in [2.05, 4.69) is 6.58 Å². The summed E-state index contributed by atoms with van der Waals surface area (Å²) >= 11 is 5.74. The summed E-state index contributed by atoms with van der Waals surface area (Å²) in [6, 6.07) is 3.52. The summed E-state index contributed by atoms with van der Waals surface area (Å²) in [4.78, 5) is 25.1. The topological polar surface area (TPSA) is 107 Å². The van der Waals surface area contributed by atoms with Gasteiger partial charge in [0.2, 0.25) is 10.0 Å². The van der Waals surface area contributed by atoms with Crippen molar-refractivity contribution in [3.8, 4) is 0 Å². The monoisotopic (exact) mass is 374 g/mol. The number of halogens is 1. The fourth-order valence-corrected chi connectivity index (χ4v) is 2.92. The fourth-order valence-electron chi connectivity index (χ4n) is 1.85. The number of benzene rings is 1. The lowest BCUT2D eigenvalue weighted by atomic mass is 10.2. The van der Waals surface area contributed by atoms with E-state index in [0.717, 1.165) is 11.6 Å². The fraction of sp³-hybridized carbons (Fsp3) is 0.333. The Kier molecular flexibility index (Phi) is 6.94. The van der Waals surface area contributed by atoms with Gasteiger partial charge in [-0.2, -0.15) is 0 Å². The highest BCUT2D eigenvalue weighted by molar-refractivity contribution is 7.89. The minimum Gasteiger partial charge on any atom is -0.452 e. The normalized spacial score (nSPS) is 11.0. The molecule has 0 fully saturated rings. The molecule has 0 aromatic heterocycles. The van der Waals surface area contributed by atoms with Gasteiger partial charge in [0, 0.05) is 13.1 Å². The van der Waals surface area contributed by atoms with Crippen LogP contribution in [-0.4, -0.2) is 44.9 Å². The third kappa shape index (κ3) is 5.63. The van der Waals surface area contributed by atoms with Crippen molar-refractivity contribution in [1.29, 1.82) is 0 Å². The number of carbonyl (C=O) groups is 2. The van der Waals surface area contributed by atoms with Gasteiger partial charge >= 0.3 is 5.97 Å². The molecule has 0 aliphatic rings. The predicted octanol–water partition coefficient (Wildman–Crippen LogP) is 1.57. The summed E-state index contributed by atoms with van der Waals surface area (Å²) in [7, 11) is -4.08. The predicted molar refractivity (Wildman–Crippen MR) is 90.2 cm³/mol. The zero-order valence-corrected chi connectivity index (χ0v) is 15.0. The van der Waals surface area contributed by atoms with E-state index >= 15 is 0 Å². The van der Waals surface area contributed by atoms with Gasteiger partial charge in [-0.1, -0.05) is 23.8 Å². The van der Waals surface area contributed by atoms with Gasteiger partial charge < -0.3 is 9.64 Å². The molecule has 0 saturated carbocycles. The molecule has 1 aromatic rings. The van der Waals surface area contributed by atoms with Gasteiger partial charge in [0.15, 0.2) is 6.61 Å². The molecule has 0 bridgehead atoms. The van der Waals surface area contributed by atoms with E-state index in [1.165, 1.54) is 17.0 Å². The third-order valence-corrected chi connectivity index (χ3v) is 4.39. The molecule has 132 valence electrons. The number of nitrogens with zero attached hydrogens (tertiary/aromatic N) is 1. The number of rotatable bonds is 7. The van der Waals surface area contributed by atoms with E-state index in [9.17, 15) is 18.0 Å². The third-order valence-electron chi connectivity index (χ3n) is 3.00. The van der Waals surface area contributed by atoms with E-state index in [1.807, 2.05) is 0 Å². The van der Waals surface area contributed by atoms with Gasteiger partial charge in [-0.05, 0) is 32.0 Å².